The van der Waals surface area contributed by atoms with Gasteiger partial charge in [0.1, 0.15) is 0 Å². The lowest BCUT2D eigenvalue weighted by molar-refractivity contribution is -0.131. The Morgan fingerprint density at radius 1 is 1.44 bits per heavy atom. The average Bonchev–Trinajstić information content (AvgIpc) is 2.26. The van der Waals surface area contributed by atoms with Crippen LogP contribution in [-0.4, -0.2) is 16.9 Å². The predicted octanol–water partition coefficient (Wildman–Crippen LogP) is 3.14. The number of Topliss-reactive ketones (excluding diaryl/α,β-unsaturated/α-hetero) is 1. The lowest BCUT2D eigenvalue weighted by atomic mass is 10.1. The van der Waals surface area contributed by atoms with Gasteiger partial charge in [0.15, 0.2) is 5.78 Å². The molecule has 16 heavy (non-hydrogen) atoms. The summed E-state index contributed by atoms with van der Waals surface area (Å²) in [6, 6.07) is 5.11. The summed E-state index contributed by atoms with van der Waals surface area (Å²) in [5, 5.41) is 8.49. The fourth-order valence-corrected chi connectivity index (χ4v) is 1.71. The van der Waals surface area contributed by atoms with Gasteiger partial charge in [0.05, 0.1) is 0 Å². The summed E-state index contributed by atoms with van der Waals surface area (Å²) in [6.45, 7) is 1.80. The molecule has 0 aliphatic heterocycles. The van der Waals surface area contributed by atoms with Gasteiger partial charge in [-0.15, -0.1) is 0 Å². The maximum absolute atomic E-state index is 11.4. The molecule has 0 atom stereocenters. The number of hydrogen-bond donors (Lipinski definition) is 1. The standard InChI is InChI=1S/C12H11BrO3/c1-2-11(14)9-4-3-8(10(13)7-9)5-6-12(15)16/h3-7H,2H2,1H3,(H,15,16)/b6-5+. The van der Waals surface area contributed by atoms with Gasteiger partial charge in [-0.05, 0) is 17.7 Å². The topological polar surface area (TPSA) is 54.4 Å². The van der Waals surface area contributed by atoms with E-state index < -0.39 is 5.97 Å². The smallest absolute Gasteiger partial charge is 0.328 e. The normalized spacial score (nSPS) is 10.6. The maximum atomic E-state index is 11.4. The Morgan fingerprint density at radius 3 is 2.62 bits per heavy atom. The van der Waals surface area contributed by atoms with Crippen molar-refractivity contribution in [3.05, 3.63) is 39.9 Å². The molecule has 0 heterocycles. The Kier molecular flexibility index (Phi) is 4.43. The van der Waals surface area contributed by atoms with Crippen LogP contribution in [0.1, 0.15) is 29.3 Å². The van der Waals surface area contributed by atoms with Crippen LogP contribution >= 0.6 is 15.9 Å². The van der Waals surface area contributed by atoms with Crippen LogP contribution in [0.4, 0.5) is 0 Å². The zero-order valence-electron chi connectivity index (χ0n) is 8.74. The van der Waals surface area contributed by atoms with Crippen LogP contribution in [-0.2, 0) is 4.79 Å². The number of aliphatic carboxylic acids is 1. The molecule has 0 fully saturated rings. The highest BCUT2D eigenvalue weighted by atomic mass is 79.9. The summed E-state index contributed by atoms with van der Waals surface area (Å²) in [5.41, 5.74) is 1.36. The van der Waals surface area contributed by atoms with E-state index in [1.807, 2.05) is 0 Å². The van der Waals surface area contributed by atoms with Gasteiger partial charge in [-0.1, -0.05) is 35.0 Å². The molecule has 0 aliphatic rings. The number of ketones is 1. The molecule has 0 radical (unpaired) electrons. The summed E-state index contributed by atoms with van der Waals surface area (Å²) in [4.78, 5) is 21.8. The number of carbonyl (C=O) groups is 2. The van der Waals surface area contributed by atoms with Gasteiger partial charge in [0.2, 0.25) is 0 Å². The Morgan fingerprint density at radius 2 is 2.12 bits per heavy atom. The lowest BCUT2D eigenvalue weighted by Crippen LogP contribution is -1.96. The molecule has 0 aliphatic carbocycles. The van der Waals surface area contributed by atoms with Gasteiger partial charge < -0.3 is 5.11 Å². The quantitative estimate of drug-likeness (QED) is 0.682. The first-order valence-electron chi connectivity index (χ1n) is 4.78. The number of carboxylic acids is 1. The third-order valence-electron chi connectivity index (χ3n) is 2.05. The molecule has 0 saturated carbocycles. The van der Waals surface area contributed by atoms with Crippen molar-refractivity contribution >= 4 is 33.8 Å². The largest absolute Gasteiger partial charge is 0.478 e. The second-order valence-corrected chi connectivity index (χ2v) is 4.04. The van der Waals surface area contributed by atoms with Crippen molar-refractivity contribution in [2.75, 3.05) is 0 Å². The Labute approximate surface area is 102 Å². The van der Waals surface area contributed by atoms with Crippen LogP contribution < -0.4 is 0 Å². The number of carboxylic acid groups (broad SMARTS) is 1. The van der Waals surface area contributed by atoms with Crippen molar-refractivity contribution in [1.29, 1.82) is 0 Å². The molecular weight excluding hydrogens is 272 g/mol. The number of rotatable bonds is 4. The fourth-order valence-electron chi connectivity index (χ4n) is 1.20. The average molecular weight is 283 g/mol. The molecule has 0 bridgehead atoms. The summed E-state index contributed by atoms with van der Waals surface area (Å²) in [5.74, 6) is -0.935. The van der Waals surface area contributed by atoms with Crippen LogP contribution in [0.5, 0.6) is 0 Å². The summed E-state index contributed by atoms with van der Waals surface area (Å²) < 4.78 is 0.712. The van der Waals surface area contributed by atoms with Gasteiger partial charge in [0.25, 0.3) is 0 Å². The van der Waals surface area contributed by atoms with Crippen LogP contribution in [0.25, 0.3) is 6.08 Å². The fraction of sp³-hybridized carbons (Fsp3) is 0.167. The minimum Gasteiger partial charge on any atom is -0.478 e. The van der Waals surface area contributed by atoms with Crippen molar-refractivity contribution < 1.29 is 14.7 Å². The zero-order chi connectivity index (χ0) is 12.1. The van der Waals surface area contributed by atoms with E-state index in [0.29, 0.717) is 16.5 Å². The number of hydrogen-bond acceptors (Lipinski definition) is 2. The lowest BCUT2D eigenvalue weighted by Gasteiger charge is -2.02. The molecule has 3 nitrogen and oxygen atoms in total. The van der Waals surface area contributed by atoms with Crippen LogP contribution in [0.2, 0.25) is 0 Å². The molecule has 84 valence electrons. The SMILES string of the molecule is CCC(=O)c1ccc(/C=C/C(=O)O)c(Br)c1. The summed E-state index contributed by atoms with van der Waals surface area (Å²) in [7, 11) is 0. The minimum absolute atomic E-state index is 0.0643. The first-order chi connectivity index (χ1) is 7.54. The van der Waals surface area contributed by atoms with E-state index in [4.69, 9.17) is 5.11 Å². The van der Waals surface area contributed by atoms with Crippen LogP contribution in [0, 0.1) is 0 Å². The number of carbonyl (C=O) groups excluding carboxylic acids is 1. The van der Waals surface area contributed by atoms with Crippen molar-refractivity contribution in [2.45, 2.75) is 13.3 Å². The minimum atomic E-state index is -0.999. The Hall–Kier alpha value is -1.42. The second-order valence-electron chi connectivity index (χ2n) is 3.18. The molecule has 0 saturated heterocycles. The first-order valence-corrected chi connectivity index (χ1v) is 5.57. The maximum Gasteiger partial charge on any atom is 0.328 e. The zero-order valence-corrected chi connectivity index (χ0v) is 10.3. The van der Waals surface area contributed by atoms with Gasteiger partial charge in [-0.25, -0.2) is 4.79 Å². The highest BCUT2D eigenvalue weighted by Crippen LogP contribution is 2.20. The van der Waals surface area contributed by atoms with Crippen molar-refractivity contribution in [3.8, 4) is 0 Å². The number of benzene rings is 1. The van der Waals surface area contributed by atoms with Crippen molar-refractivity contribution in [1.82, 2.24) is 0 Å². The molecule has 1 N–H and O–H groups in total. The predicted molar refractivity (Wildman–Crippen MR) is 65.4 cm³/mol. The molecule has 1 aromatic carbocycles. The Bertz CT molecular complexity index is 450. The monoisotopic (exact) mass is 282 g/mol. The van der Waals surface area contributed by atoms with Crippen molar-refractivity contribution in [2.24, 2.45) is 0 Å². The molecule has 1 aromatic rings. The third-order valence-corrected chi connectivity index (χ3v) is 2.74. The second kappa shape index (κ2) is 5.61. The summed E-state index contributed by atoms with van der Waals surface area (Å²) >= 11 is 3.30. The van der Waals surface area contributed by atoms with Gasteiger partial charge >= 0.3 is 5.97 Å². The van der Waals surface area contributed by atoms with E-state index in [2.05, 4.69) is 15.9 Å². The van der Waals surface area contributed by atoms with Crippen molar-refractivity contribution in [3.63, 3.8) is 0 Å². The van der Waals surface area contributed by atoms with Crippen LogP contribution in [0.3, 0.4) is 0 Å². The van der Waals surface area contributed by atoms with Crippen LogP contribution in [0.15, 0.2) is 28.7 Å². The summed E-state index contributed by atoms with van der Waals surface area (Å²) in [6.07, 6.45) is 2.99. The van der Waals surface area contributed by atoms with E-state index in [1.54, 1.807) is 25.1 Å². The van der Waals surface area contributed by atoms with E-state index >= 15 is 0 Å². The van der Waals surface area contributed by atoms with E-state index in [0.717, 1.165) is 11.6 Å². The molecule has 4 heteroatoms. The third kappa shape index (κ3) is 3.31. The highest BCUT2D eigenvalue weighted by molar-refractivity contribution is 9.10. The highest BCUT2D eigenvalue weighted by Gasteiger charge is 2.05. The number of halogens is 1. The first kappa shape index (κ1) is 12.6. The van der Waals surface area contributed by atoms with E-state index in [9.17, 15) is 9.59 Å². The van der Waals surface area contributed by atoms with Gasteiger partial charge in [-0.3, -0.25) is 4.79 Å². The molecule has 0 spiro atoms. The van der Waals surface area contributed by atoms with E-state index in [1.165, 1.54) is 6.08 Å². The molecule has 0 aromatic heterocycles. The van der Waals surface area contributed by atoms with Gasteiger partial charge in [0, 0.05) is 22.5 Å². The molecular formula is C12H11BrO3. The molecule has 0 unspecified atom stereocenters. The molecule has 1 rings (SSSR count). The Balaban J connectivity index is 3.00. The van der Waals surface area contributed by atoms with E-state index in [-0.39, 0.29) is 5.78 Å². The van der Waals surface area contributed by atoms with Gasteiger partial charge in [-0.2, -0.15) is 0 Å². The molecule has 0 amide bonds.